The first kappa shape index (κ1) is 15.2. The van der Waals surface area contributed by atoms with E-state index < -0.39 is 11.9 Å². The van der Waals surface area contributed by atoms with Gasteiger partial charge in [0.05, 0.1) is 11.1 Å². The third-order valence-electron chi connectivity index (χ3n) is 1.84. The number of carboxylic acid groups (broad SMARTS) is 1. The van der Waals surface area contributed by atoms with Crippen LogP contribution in [-0.2, 0) is 21.9 Å². The summed E-state index contributed by atoms with van der Waals surface area (Å²) in [5.74, 6) is -2.14. The molecule has 5 heteroatoms. The van der Waals surface area contributed by atoms with E-state index in [0.717, 1.165) is 0 Å². The zero-order valence-electron chi connectivity index (χ0n) is 8.72. The van der Waals surface area contributed by atoms with Gasteiger partial charge >= 0.3 is 5.97 Å². The molecule has 1 aromatic carbocycles. The van der Waals surface area contributed by atoms with E-state index in [4.69, 9.17) is 15.3 Å². The topological polar surface area (TPSA) is 77.8 Å². The summed E-state index contributed by atoms with van der Waals surface area (Å²) in [6.45, 7) is 0. The van der Waals surface area contributed by atoms with Gasteiger partial charge in [-0.2, -0.15) is 18.2 Å². The average Bonchev–Trinajstić information content (AvgIpc) is 2.92. The molecule has 92 valence electrons. The Labute approximate surface area is 109 Å². The SMILES string of the molecule is O=C(O)C1=CC=CC1=C(O)O.[Fe].c1cc[cH-]c1. The minimum atomic E-state index is -1.18. The summed E-state index contributed by atoms with van der Waals surface area (Å²) in [6, 6.07) is 10.0. The molecule has 0 fully saturated rings. The fraction of sp³-hybridized carbons (Fsp3) is 0. The van der Waals surface area contributed by atoms with Crippen LogP contribution in [0.15, 0.2) is 65.7 Å². The molecule has 0 bridgehead atoms. The van der Waals surface area contributed by atoms with Crippen LogP contribution in [0, 0.1) is 0 Å². The number of aliphatic hydroxyl groups excluding tert-OH is 1. The number of rotatable bonds is 1. The summed E-state index contributed by atoms with van der Waals surface area (Å²) in [5.41, 5.74) is -0.164. The van der Waals surface area contributed by atoms with Crippen molar-refractivity contribution in [3.63, 3.8) is 0 Å². The van der Waals surface area contributed by atoms with Crippen molar-refractivity contribution in [3.8, 4) is 0 Å². The van der Waals surface area contributed by atoms with Crippen LogP contribution in [0.1, 0.15) is 0 Å². The van der Waals surface area contributed by atoms with Gasteiger partial charge in [0.2, 0.25) is 0 Å². The van der Waals surface area contributed by atoms with E-state index in [9.17, 15) is 4.79 Å². The smallest absolute Gasteiger partial charge is 0.336 e. The maximum Gasteiger partial charge on any atom is 0.336 e. The van der Waals surface area contributed by atoms with Gasteiger partial charge in [0, 0.05) is 17.1 Å². The number of hydrogen-bond acceptors (Lipinski definition) is 3. The second-order valence-corrected chi connectivity index (χ2v) is 2.94. The zero-order valence-corrected chi connectivity index (χ0v) is 9.83. The second kappa shape index (κ2) is 7.44. The van der Waals surface area contributed by atoms with E-state index >= 15 is 0 Å². The molecule has 17 heavy (non-hydrogen) atoms. The fourth-order valence-corrected chi connectivity index (χ4v) is 1.12. The summed E-state index contributed by atoms with van der Waals surface area (Å²) in [4.78, 5) is 10.4. The molecule has 1 aromatic rings. The Balaban J connectivity index is 0.000000360. The minimum Gasteiger partial charge on any atom is -0.481 e. The summed E-state index contributed by atoms with van der Waals surface area (Å²) >= 11 is 0. The molecule has 0 amide bonds. The van der Waals surface area contributed by atoms with Crippen LogP contribution in [0.25, 0.3) is 0 Å². The molecule has 0 aromatic heterocycles. The third kappa shape index (κ3) is 4.68. The number of allylic oxidation sites excluding steroid dienone is 3. The van der Waals surface area contributed by atoms with Gasteiger partial charge in [-0.25, -0.2) is 16.9 Å². The fourth-order valence-electron chi connectivity index (χ4n) is 1.12. The molecule has 0 aliphatic heterocycles. The molecule has 0 spiro atoms. The molecule has 1 aliphatic carbocycles. The van der Waals surface area contributed by atoms with Gasteiger partial charge in [0.1, 0.15) is 0 Å². The van der Waals surface area contributed by atoms with Gasteiger partial charge in [-0.15, -0.1) is 0 Å². The predicted octanol–water partition coefficient (Wildman–Crippen LogP) is 2.30. The van der Waals surface area contributed by atoms with Crippen LogP contribution in [0.3, 0.4) is 0 Å². The van der Waals surface area contributed by atoms with Crippen molar-refractivity contribution in [3.05, 3.63) is 65.7 Å². The van der Waals surface area contributed by atoms with Gasteiger partial charge in [0.15, 0.2) is 0 Å². The number of aliphatic hydroxyl groups is 2. The Kier molecular flexibility index (Phi) is 6.63. The van der Waals surface area contributed by atoms with Gasteiger partial charge in [0.25, 0.3) is 5.95 Å². The van der Waals surface area contributed by atoms with Gasteiger partial charge in [-0.1, -0.05) is 6.08 Å². The molecule has 0 atom stereocenters. The van der Waals surface area contributed by atoms with Crippen molar-refractivity contribution in [1.82, 2.24) is 0 Å². The molecule has 4 nitrogen and oxygen atoms in total. The average molecular weight is 275 g/mol. The number of carbonyl (C=O) groups is 1. The van der Waals surface area contributed by atoms with E-state index in [-0.39, 0.29) is 28.2 Å². The van der Waals surface area contributed by atoms with Crippen LogP contribution in [-0.4, -0.2) is 21.3 Å². The summed E-state index contributed by atoms with van der Waals surface area (Å²) in [5, 5.41) is 25.6. The van der Waals surface area contributed by atoms with E-state index in [0.29, 0.717) is 0 Å². The Morgan fingerprint density at radius 2 is 1.71 bits per heavy atom. The summed E-state index contributed by atoms with van der Waals surface area (Å²) in [6.07, 6.45) is 4.05. The zero-order chi connectivity index (χ0) is 12.0. The van der Waals surface area contributed by atoms with Crippen LogP contribution < -0.4 is 0 Å². The number of carboxylic acids is 1. The molecular formula is C12H11FeO4-. The maximum atomic E-state index is 10.4. The van der Waals surface area contributed by atoms with Crippen LogP contribution in [0.2, 0.25) is 0 Å². The second-order valence-electron chi connectivity index (χ2n) is 2.94. The van der Waals surface area contributed by atoms with Crippen LogP contribution >= 0.6 is 0 Å². The molecule has 0 unspecified atom stereocenters. The third-order valence-corrected chi connectivity index (χ3v) is 1.84. The summed E-state index contributed by atoms with van der Waals surface area (Å²) < 4.78 is 0. The van der Waals surface area contributed by atoms with E-state index in [1.807, 2.05) is 30.3 Å². The minimum absolute atomic E-state index is 0. The van der Waals surface area contributed by atoms with Crippen molar-refractivity contribution < 1.29 is 37.2 Å². The standard InChI is InChI=1S/C7H6O4.C5H5.Fe/c8-6(9)4-2-1-3-5(4)7(10)11;1-2-4-5-3-1;/h1-3,8-9H,(H,10,11);1-5H;/q;-1;. The van der Waals surface area contributed by atoms with Crippen LogP contribution in [0.5, 0.6) is 0 Å². The number of hydrogen-bond donors (Lipinski definition) is 3. The molecule has 2 rings (SSSR count). The first-order valence-corrected chi connectivity index (χ1v) is 4.54. The van der Waals surface area contributed by atoms with E-state index in [1.165, 1.54) is 18.2 Å². The first-order valence-electron chi connectivity index (χ1n) is 4.54. The maximum absolute atomic E-state index is 10.4. The Bertz CT molecular complexity index is 420. The number of aliphatic carboxylic acids is 1. The van der Waals surface area contributed by atoms with Gasteiger partial charge in [-0.3, -0.25) is 0 Å². The molecule has 0 saturated carbocycles. The van der Waals surface area contributed by atoms with Crippen molar-refractivity contribution in [1.29, 1.82) is 0 Å². The van der Waals surface area contributed by atoms with Crippen molar-refractivity contribution >= 4 is 5.97 Å². The largest absolute Gasteiger partial charge is 0.481 e. The van der Waals surface area contributed by atoms with Gasteiger partial charge < -0.3 is 15.3 Å². The van der Waals surface area contributed by atoms with E-state index in [1.54, 1.807) is 0 Å². The molecule has 1 aliphatic rings. The van der Waals surface area contributed by atoms with Crippen molar-refractivity contribution in [2.24, 2.45) is 0 Å². The van der Waals surface area contributed by atoms with E-state index in [2.05, 4.69) is 0 Å². The van der Waals surface area contributed by atoms with Gasteiger partial charge in [-0.05, 0) is 12.2 Å². The van der Waals surface area contributed by atoms with Crippen LogP contribution in [0.4, 0.5) is 0 Å². The Hall–Kier alpha value is -1.84. The predicted molar refractivity (Wildman–Crippen MR) is 59.2 cm³/mol. The normalized spacial score (nSPS) is 12.0. The molecule has 0 heterocycles. The first-order chi connectivity index (χ1) is 7.63. The summed E-state index contributed by atoms with van der Waals surface area (Å²) in [7, 11) is 0. The van der Waals surface area contributed by atoms with Crippen molar-refractivity contribution in [2.75, 3.05) is 0 Å². The Morgan fingerprint density at radius 3 is 2.00 bits per heavy atom. The van der Waals surface area contributed by atoms with Crippen molar-refractivity contribution in [2.45, 2.75) is 0 Å². The quantitative estimate of drug-likeness (QED) is 0.417. The molecule has 3 N–H and O–H groups in total. The molecule has 0 saturated heterocycles. The molecular weight excluding hydrogens is 264 g/mol. The Morgan fingerprint density at radius 1 is 1.12 bits per heavy atom. The molecule has 0 radical (unpaired) electrons. The monoisotopic (exact) mass is 275 g/mol.